The lowest BCUT2D eigenvalue weighted by molar-refractivity contribution is -0.131. The first-order valence-electron chi connectivity index (χ1n) is 8.18. The number of allylic oxidation sites excluding steroid dienone is 2. The number of fused-ring (bicyclic) bond motifs is 3. The van der Waals surface area contributed by atoms with E-state index in [2.05, 4.69) is 13.8 Å². The number of ether oxygens (including phenoxy) is 1. The second-order valence-corrected chi connectivity index (χ2v) is 7.97. The number of carbonyl (C=O) groups excluding carboxylic acids is 2. The van der Waals surface area contributed by atoms with Crippen LogP contribution in [0.2, 0.25) is 10.0 Å². The lowest BCUT2D eigenvalue weighted by Crippen LogP contribution is -2.27. The van der Waals surface area contributed by atoms with Crippen LogP contribution in [-0.2, 0) is 16.0 Å². The second kappa shape index (κ2) is 6.20. The average Bonchev–Trinajstić information content (AvgIpc) is 2.76. The molecule has 128 valence electrons. The van der Waals surface area contributed by atoms with E-state index in [1.807, 2.05) is 0 Å². The minimum absolute atomic E-state index is 0.0772. The number of rotatable bonds is 3. The Morgan fingerprint density at radius 2 is 2.04 bits per heavy atom. The van der Waals surface area contributed by atoms with Crippen LogP contribution in [0.4, 0.5) is 0 Å². The van der Waals surface area contributed by atoms with Gasteiger partial charge in [-0.1, -0.05) is 37.0 Å². The van der Waals surface area contributed by atoms with Gasteiger partial charge in [0.25, 0.3) is 0 Å². The minimum Gasteiger partial charge on any atom is -0.425 e. The van der Waals surface area contributed by atoms with Crippen molar-refractivity contribution in [1.29, 1.82) is 0 Å². The van der Waals surface area contributed by atoms with Crippen molar-refractivity contribution < 1.29 is 14.3 Å². The highest BCUT2D eigenvalue weighted by atomic mass is 35.5. The number of halogens is 2. The number of carbonyl (C=O) groups is 2. The molecule has 3 nitrogen and oxygen atoms in total. The molecule has 0 amide bonds. The summed E-state index contributed by atoms with van der Waals surface area (Å²) in [6, 6.07) is 1.80. The van der Waals surface area contributed by atoms with Crippen molar-refractivity contribution in [2.24, 2.45) is 11.3 Å². The maximum atomic E-state index is 12.0. The maximum absolute atomic E-state index is 12.0. The molecule has 5 heteroatoms. The van der Waals surface area contributed by atoms with Gasteiger partial charge >= 0.3 is 5.97 Å². The quantitative estimate of drug-likeness (QED) is 0.541. The van der Waals surface area contributed by atoms with Crippen molar-refractivity contribution >= 4 is 40.5 Å². The molecule has 1 aromatic rings. The molecule has 1 unspecified atom stereocenters. The molecule has 2 aliphatic rings. The van der Waals surface area contributed by atoms with Crippen LogP contribution >= 0.6 is 23.2 Å². The van der Waals surface area contributed by atoms with E-state index >= 15 is 0 Å². The highest BCUT2D eigenvalue weighted by Gasteiger charge is 2.46. The van der Waals surface area contributed by atoms with E-state index in [0.717, 1.165) is 36.0 Å². The van der Waals surface area contributed by atoms with Crippen LogP contribution in [0.3, 0.4) is 0 Å². The van der Waals surface area contributed by atoms with Crippen LogP contribution in [0.25, 0.3) is 5.57 Å². The number of esters is 1. The molecule has 1 atom stereocenters. The zero-order chi connectivity index (χ0) is 17.6. The van der Waals surface area contributed by atoms with E-state index in [-0.39, 0.29) is 22.0 Å². The first-order valence-corrected chi connectivity index (χ1v) is 8.94. The van der Waals surface area contributed by atoms with Gasteiger partial charge in [0, 0.05) is 24.3 Å². The smallest absolute Gasteiger partial charge is 0.308 e. The van der Waals surface area contributed by atoms with Crippen molar-refractivity contribution in [2.45, 2.75) is 46.5 Å². The predicted octanol–water partition coefficient (Wildman–Crippen LogP) is 5.25. The largest absolute Gasteiger partial charge is 0.425 e. The molecule has 0 bridgehead atoms. The van der Waals surface area contributed by atoms with Gasteiger partial charge in [0.2, 0.25) is 0 Å². The predicted molar refractivity (Wildman–Crippen MR) is 95.6 cm³/mol. The molecule has 2 aliphatic carbocycles. The molecule has 0 spiro atoms. The van der Waals surface area contributed by atoms with E-state index in [1.54, 1.807) is 12.1 Å². The Hall–Kier alpha value is -1.32. The third-order valence-corrected chi connectivity index (χ3v) is 5.68. The summed E-state index contributed by atoms with van der Waals surface area (Å²) < 4.78 is 5.20. The molecular formula is C19H20Cl2O3. The van der Waals surface area contributed by atoms with Crippen molar-refractivity contribution in [2.75, 3.05) is 0 Å². The molecule has 0 aromatic heterocycles. The van der Waals surface area contributed by atoms with E-state index < -0.39 is 5.97 Å². The van der Waals surface area contributed by atoms with Gasteiger partial charge in [-0.25, -0.2) is 0 Å². The summed E-state index contributed by atoms with van der Waals surface area (Å²) in [5, 5.41) is 0.599. The molecule has 0 saturated carbocycles. The van der Waals surface area contributed by atoms with Crippen LogP contribution < -0.4 is 4.74 Å². The normalized spacial score (nSPS) is 22.2. The van der Waals surface area contributed by atoms with Crippen LogP contribution in [0.1, 0.15) is 51.2 Å². The topological polar surface area (TPSA) is 43.4 Å². The van der Waals surface area contributed by atoms with E-state index in [1.165, 1.54) is 6.92 Å². The lowest BCUT2D eigenvalue weighted by Gasteiger charge is -2.35. The zero-order valence-electron chi connectivity index (χ0n) is 14.0. The molecular weight excluding hydrogens is 347 g/mol. The van der Waals surface area contributed by atoms with Gasteiger partial charge in [-0.05, 0) is 48.5 Å². The van der Waals surface area contributed by atoms with Crippen molar-refractivity contribution in [1.82, 2.24) is 0 Å². The van der Waals surface area contributed by atoms with Crippen LogP contribution in [0, 0.1) is 11.3 Å². The molecule has 24 heavy (non-hydrogen) atoms. The maximum Gasteiger partial charge on any atom is 0.308 e. The molecule has 0 N–H and O–H groups in total. The fraction of sp³-hybridized carbons (Fsp3) is 0.474. The highest BCUT2D eigenvalue weighted by Crippen LogP contribution is 2.58. The Bertz CT molecular complexity index is 764. The van der Waals surface area contributed by atoms with E-state index in [4.69, 9.17) is 27.9 Å². The van der Waals surface area contributed by atoms with Gasteiger partial charge < -0.3 is 4.74 Å². The molecule has 3 rings (SSSR count). The fourth-order valence-corrected chi connectivity index (χ4v) is 4.65. The number of ketones is 1. The van der Waals surface area contributed by atoms with Gasteiger partial charge in [0.15, 0.2) is 11.5 Å². The fourth-order valence-electron chi connectivity index (χ4n) is 4.15. The van der Waals surface area contributed by atoms with Crippen LogP contribution in [-0.4, -0.2) is 11.8 Å². The highest BCUT2D eigenvalue weighted by molar-refractivity contribution is 6.44. The third-order valence-electron chi connectivity index (χ3n) is 4.83. The Kier molecular flexibility index (Phi) is 4.52. The number of benzene rings is 1. The second-order valence-electron chi connectivity index (χ2n) is 7.21. The molecule has 0 heterocycles. The lowest BCUT2D eigenvalue weighted by atomic mass is 9.68. The molecule has 0 fully saturated rings. The minimum atomic E-state index is -0.436. The number of hydrogen-bond acceptors (Lipinski definition) is 3. The Morgan fingerprint density at radius 3 is 2.67 bits per heavy atom. The first kappa shape index (κ1) is 17.5. The van der Waals surface area contributed by atoms with Gasteiger partial charge in [0.1, 0.15) is 5.02 Å². The molecule has 1 aromatic carbocycles. The number of hydrogen-bond donors (Lipinski definition) is 0. The van der Waals surface area contributed by atoms with E-state index in [0.29, 0.717) is 17.4 Å². The summed E-state index contributed by atoms with van der Waals surface area (Å²) in [6.07, 6.45) is 4.90. The van der Waals surface area contributed by atoms with Crippen molar-refractivity contribution in [3.8, 4) is 5.75 Å². The summed E-state index contributed by atoms with van der Waals surface area (Å²) >= 11 is 12.8. The molecule has 0 saturated heterocycles. The average molecular weight is 367 g/mol. The van der Waals surface area contributed by atoms with Gasteiger partial charge in [-0.3, -0.25) is 9.59 Å². The summed E-state index contributed by atoms with van der Waals surface area (Å²) in [5.41, 5.74) is 2.78. The Labute approximate surface area is 152 Å². The summed E-state index contributed by atoms with van der Waals surface area (Å²) in [4.78, 5) is 23.3. The van der Waals surface area contributed by atoms with Gasteiger partial charge in [-0.2, -0.15) is 0 Å². The summed E-state index contributed by atoms with van der Waals surface area (Å²) in [5.74, 6) is 0.486. The zero-order valence-corrected chi connectivity index (χ0v) is 15.6. The van der Waals surface area contributed by atoms with Crippen molar-refractivity contribution in [3.05, 3.63) is 33.3 Å². The first-order chi connectivity index (χ1) is 11.2. The standard InChI is InChI=1S/C19H20Cl2O3/c1-10(2)8-19-5-4-13(23)7-14(19)16-12(9-19)6-15(24-11(3)22)17(20)18(16)21/h6-7,10H,4-5,8-9H2,1-3H3. The molecule has 0 aliphatic heterocycles. The Morgan fingerprint density at radius 1 is 1.33 bits per heavy atom. The Balaban J connectivity index is 2.17. The third kappa shape index (κ3) is 2.89. The molecule has 0 radical (unpaired) electrons. The van der Waals surface area contributed by atoms with Crippen molar-refractivity contribution in [3.63, 3.8) is 0 Å². The SMILES string of the molecule is CC(=O)Oc1cc2c(c(Cl)c1Cl)C1=CC(=O)CCC1(CC(C)C)C2. The van der Waals surface area contributed by atoms with Crippen LogP contribution in [0.15, 0.2) is 12.1 Å². The summed E-state index contributed by atoms with van der Waals surface area (Å²) in [7, 11) is 0. The van der Waals surface area contributed by atoms with Gasteiger partial charge in [-0.15, -0.1) is 0 Å². The monoisotopic (exact) mass is 366 g/mol. The summed E-state index contributed by atoms with van der Waals surface area (Å²) in [6.45, 7) is 5.70. The van der Waals surface area contributed by atoms with Crippen LogP contribution in [0.5, 0.6) is 5.75 Å². The van der Waals surface area contributed by atoms with E-state index in [9.17, 15) is 9.59 Å². The van der Waals surface area contributed by atoms with Gasteiger partial charge in [0.05, 0.1) is 5.02 Å².